The zero-order valence-electron chi connectivity index (χ0n) is 12.5. The molecule has 1 atom stereocenters. The molecule has 8 heteroatoms. The molecule has 0 spiro atoms. The average Bonchev–Trinajstić information content (AvgIpc) is 2.50. The van der Waals surface area contributed by atoms with Crippen molar-refractivity contribution < 1.29 is 4.55 Å². The van der Waals surface area contributed by atoms with Crippen LogP contribution in [0.15, 0.2) is 56.3 Å². The lowest BCUT2D eigenvalue weighted by Crippen LogP contribution is -2.32. The summed E-state index contributed by atoms with van der Waals surface area (Å²) in [6.45, 7) is 0. The van der Waals surface area contributed by atoms with Crippen molar-refractivity contribution in [1.29, 1.82) is 5.41 Å². The number of guanidine groups is 1. The van der Waals surface area contributed by atoms with Gasteiger partial charge in [0.1, 0.15) is 6.26 Å². The van der Waals surface area contributed by atoms with Crippen molar-refractivity contribution >= 4 is 72.8 Å². The molecule has 4 nitrogen and oxygen atoms in total. The fourth-order valence-electron chi connectivity index (χ4n) is 1.80. The number of hydrogen-bond acceptors (Lipinski definition) is 2. The van der Waals surface area contributed by atoms with Gasteiger partial charge in [-0.1, -0.05) is 22.0 Å². The Labute approximate surface area is 162 Å². The lowest BCUT2D eigenvalue weighted by molar-refractivity contribution is 0.601. The number of halogens is 3. The Morgan fingerprint density at radius 1 is 1.22 bits per heavy atom. The highest BCUT2D eigenvalue weighted by Crippen LogP contribution is 2.27. The largest absolute Gasteiger partial charge is 0.612 e. The molecular weight excluding hydrogens is 466 g/mol. The van der Waals surface area contributed by atoms with E-state index in [0.717, 1.165) is 25.2 Å². The third-order valence-corrected chi connectivity index (χ3v) is 5.16. The van der Waals surface area contributed by atoms with Gasteiger partial charge in [-0.25, -0.2) is 0 Å². The van der Waals surface area contributed by atoms with Gasteiger partial charge in [0.25, 0.3) is 0 Å². The third-order valence-electron chi connectivity index (χ3n) is 3.05. The van der Waals surface area contributed by atoms with Gasteiger partial charge < -0.3 is 14.8 Å². The Bertz CT molecular complexity index is 700. The zero-order valence-corrected chi connectivity index (χ0v) is 17.3. The fraction of sp³-hybridized carbons (Fsp3) is 0.133. The number of hydrogen-bond donors (Lipinski definition) is 2. The second-order valence-corrected chi connectivity index (χ2v) is 7.76. The SMILES string of the molecule is CN(C(=N)Nc1cc(Br)ccc1Br)c1cccc([S+](C)[O-])c1.Cl. The summed E-state index contributed by atoms with van der Waals surface area (Å²) in [5.41, 5.74) is 1.60. The van der Waals surface area contributed by atoms with Gasteiger partial charge in [-0.15, -0.1) is 12.4 Å². The first kappa shape index (κ1) is 20.3. The van der Waals surface area contributed by atoms with E-state index in [9.17, 15) is 4.55 Å². The topological polar surface area (TPSA) is 62.2 Å². The average molecular weight is 482 g/mol. The molecule has 2 N–H and O–H groups in total. The first-order chi connectivity index (χ1) is 10.4. The molecule has 0 saturated heterocycles. The molecule has 0 aliphatic rings. The van der Waals surface area contributed by atoms with Gasteiger partial charge in [-0.05, 0) is 57.4 Å². The van der Waals surface area contributed by atoms with Gasteiger partial charge in [-0.3, -0.25) is 5.41 Å². The van der Waals surface area contributed by atoms with E-state index in [4.69, 9.17) is 5.41 Å². The number of nitrogens with one attached hydrogen (secondary N) is 2. The van der Waals surface area contributed by atoms with E-state index in [1.165, 1.54) is 0 Å². The van der Waals surface area contributed by atoms with Gasteiger partial charge in [0.2, 0.25) is 0 Å². The van der Waals surface area contributed by atoms with E-state index in [-0.39, 0.29) is 18.4 Å². The molecule has 0 fully saturated rings. The van der Waals surface area contributed by atoms with Crippen LogP contribution in [0.3, 0.4) is 0 Å². The highest BCUT2D eigenvalue weighted by Gasteiger charge is 2.12. The molecule has 0 saturated carbocycles. The van der Waals surface area contributed by atoms with Crippen molar-refractivity contribution in [2.75, 3.05) is 23.5 Å². The number of benzene rings is 2. The molecule has 0 radical (unpaired) electrons. The van der Waals surface area contributed by atoms with Gasteiger partial charge >= 0.3 is 0 Å². The summed E-state index contributed by atoms with van der Waals surface area (Å²) in [6, 6.07) is 13.1. The Morgan fingerprint density at radius 3 is 2.57 bits per heavy atom. The highest BCUT2D eigenvalue weighted by molar-refractivity contribution is 9.11. The molecule has 1 unspecified atom stereocenters. The van der Waals surface area contributed by atoms with Crippen molar-refractivity contribution in [3.05, 3.63) is 51.4 Å². The lowest BCUT2D eigenvalue weighted by Gasteiger charge is -2.22. The Hall–Kier alpha value is -0.730. The van der Waals surface area contributed by atoms with E-state index in [1.807, 2.05) is 42.5 Å². The van der Waals surface area contributed by atoms with Crippen molar-refractivity contribution in [2.24, 2.45) is 0 Å². The van der Waals surface area contributed by atoms with Crippen molar-refractivity contribution in [2.45, 2.75) is 4.90 Å². The van der Waals surface area contributed by atoms with Crippen LogP contribution in [0.1, 0.15) is 0 Å². The maximum Gasteiger partial charge on any atom is 0.199 e. The van der Waals surface area contributed by atoms with Crippen molar-refractivity contribution in [3.63, 3.8) is 0 Å². The maximum atomic E-state index is 11.6. The Balaban J connectivity index is 0.00000264. The van der Waals surface area contributed by atoms with Crippen LogP contribution < -0.4 is 10.2 Å². The Morgan fingerprint density at radius 2 is 1.91 bits per heavy atom. The highest BCUT2D eigenvalue weighted by atomic mass is 79.9. The van der Waals surface area contributed by atoms with Crippen molar-refractivity contribution in [3.8, 4) is 0 Å². The van der Waals surface area contributed by atoms with E-state index < -0.39 is 11.2 Å². The molecule has 0 aromatic heterocycles. The predicted molar refractivity (Wildman–Crippen MR) is 108 cm³/mol. The molecule has 0 amide bonds. The summed E-state index contributed by atoms with van der Waals surface area (Å²) in [5.74, 6) is 0.220. The molecule has 0 bridgehead atoms. The Kier molecular flexibility index (Phi) is 7.89. The second-order valence-electron chi connectivity index (χ2n) is 4.61. The van der Waals surface area contributed by atoms with Gasteiger partial charge in [-0.2, -0.15) is 0 Å². The number of anilines is 2. The summed E-state index contributed by atoms with van der Waals surface area (Å²) in [6.07, 6.45) is 1.64. The predicted octanol–water partition coefficient (Wildman–Crippen LogP) is 4.85. The molecule has 2 rings (SSSR count). The van der Waals surface area contributed by atoms with Crippen LogP contribution in [0.2, 0.25) is 0 Å². The third kappa shape index (κ3) is 5.39. The van der Waals surface area contributed by atoms with Gasteiger partial charge in [0.05, 0.1) is 5.69 Å². The smallest absolute Gasteiger partial charge is 0.199 e. The van der Waals surface area contributed by atoms with Crippen LogP contribution in [0, 0.1) is 5.41 Å². The molecule has 0 aliphatic heterocycles. The van der Waals surface area contributed by atoms with E-state index in [1.54, 1.807) is 18.2 Å². The number of nitrogens with zero attached hydrogens (tertiary/aromatic N) is 1. The van der Waals surface area contributed by atoms with Crippen molar-refractivity contribution in [1.82, 2.24) is 0 Å². The second kappa shape index (κ2) is 8.94. The van der Waals surface area contributed by atoms with Gasteiger partial charge in [0.15, 0.2) is 10.9 Å². The summed E-state index contributed by atoms with van der Waals surface area (Å²) in [5, 5.41) is 11.3. The number of rotatable bonds is 3. The molecular formula is C15H16Br2ClN3OS. The minimum atomic E-state index is -1.04. The maximum absolute atomic E-state index is 11.6. The normalized spacial score (nSPS) is 11.3. The zero-order chi connectivity index (χ0) is 16.3. The molecule has 124 valence electrons. The van der Waals surface area contributed by atoms with Crippen LogP contribution in [0.25, 0.3) is 0 Å². The first-order valence-corrected chi connectivity index (χ1v) is 9.50. The molecule has 2 aromatic carbocycles. The van der Waals surface area contributed by atoms with Crippen LogP contribution in [0.5, 0.6) is 0 Å². The minimum absolute atomic E-state index is 0. The summed E-state index contributed by atoms with van der Waals surface area (Å²) in [4.78, 5) is 2.43. The standard InChI is InChI=1S/C15H15Br2N3OS.ClH/c1-20(11-4-3-5-12(9-11)22(2)21)15(18)19-14-8-10(16)6-7-13(14)17;/h3-9H,1-2H3,(H2,18,19);1H. The minimum Gasteiger partial charge on any atom is -0.612 e. The molecule has 0 heterocycles. The van der Waals surface area contributed by atoms with Crippen LogP contribution in [-0.2, 0) is 11.2 Å². The quantitative estimate of drug-likeness (QED) is 0.374. The molecule has 23 heavy (non-hydrogen) atoms. The fourth-order valence-corrected chi connectivity index (χ4v) is 3.07. The molecule has 2 aromatic rings. The first-order valence-electron chi connectivity index (χ1n) is 6.36. The van der Waals surface area contributed by atoms with Crippen LogP contribution in [-0.4, -0.2) is 23.8 Å². The summed E-state index contributed by atoms with van der Waals surface area (Å²) < 4.78 is 13.4. The summed E-state index contributed by atoms with van der Waals surface area (Å²) in [7, 11) is 1.79. The summed E-state index contributed by atoms with van der Waals surface area (Å²) >= 11 is 5.83. The monoisotopic (exact) mass is 479 g/mol. The van der Waals surface area contributed by atoms with Crippen LogP contribution >= 0.6 is 44.3 Å². The van der Waals surface area contributed by atoms with E-state index in [0.29, 0.717) is 0 Å². The molecule has 0 aliphatic carbocycles. The lowest BCUT2D eigenvalue weighted by atomic mass is 10.3. The van der Waals surface area contributed by atoms with Crippen LogP contribution in [0.4, 0.5) is 11.4 Å². The van der Waals surface area contributed by atoms with E-state index >= 15 is 0 Å². The van der Waals surface area contributed by atoms with Gasteiger partial charge in [0, 0.05) is 27.7 Å². The van der Waals surface area contributed by atoms with E-state index in [2.05, 4.69) is 37.2 Å².